The van der Waals surface area contributed by atoms with E-state index in [9.17, 15) is 9.90 Å². The summed E-state index contributed by atoms with van der Waals surface area (Å²) < 4.78 is 13.0. The van der Waals surface area contributed by atoms with Crippen molar-refractivity contribution in [2.45, 2.75) is 58.1 Å². The summed E-state index contributed by atoms with van der Waals surface area (Å²) in [5.74, 6) is 1.90. The SMILES string of the molecule is C[C@@H](CCC(C)(C)O)NC(=O)Nc1nc2nccc(-c3ccc(OCC4CCOCC4)cc3)n2n1. The number of nitrogens with one attached hydrogen (secondary N) is 2. The molecule has 188 valence electrons. The Morgan fingerprint density at radius 3 is 2.71 bits per heavy atom. The van der Waals surface area contributed by atoms with Crippen LogP contribution in [-0.4, -0.2) is 62.2 Å². The third kappa shape index (κ3) is 7.12. The van der Waals surface area contributed by atoms with Gasteiger partial charge in [-0.3, -0.25) is 5.32 Å². The van der Waals surface area contributed by atoms with Gasteiger partial charge in [-0.05, 0) is 82.7 Å². The van der Waals surface area contributed by atoms with Crippen LogP contribution >= 0.6 is 0 Å². The molecule has 0 spiro atoms. The predicted octanol–water partition coefficient (Wildman–Crippen LogP) is 3.66. The number of rotatable bonds is 9. The molecule has 3 aromatic rings. The number of ether oxygens (including phenoxy) is 2. The van der Waals surface area contributed by atoms with E-state index in [-0.39, 0.29) is 12.0 Å². The molecule has 0 bridgehead atoms. The van der Waals surface area contributed by atoms with Crippen molar-refractivity contribution in [1.82, 2.24) is 24.9 Å². The van der Waals surface area contributed by atoms with E-state index in [1.165, 1.54) is 0 Å². The van der Waals surface area contributed by atoms with E-state index in [2.05, 4.69) is 25.7 Å². The molecule has 10 heteroatoms. The molecule has 0 unspecified atom stereocenters. The van der Waals surface area contributed by atoms with E-state index in [0.29, 0.717) is 31.1 Å². The topological polar surface area (TPSA) is 123 Å². The monoisotopic (exact) mass is 482 g/mol. The van der Waals surface area contributed by atoms with Gasteiger partial charge in [0.05, 0.1) is 17.9 Å². The number of carbonyl (C=O) groups is 1. The van der Waals surface area contributed by atoms with Gasteiger partial charge in [0.25, 0.3) is 11.7 Å². The molecule has 1 aromatic carbocycles. The van der Waals surface area contributed by atoms with Gasteiger partial charge < -0.3 is 19.9 Å². The van der Waals surface area contributed by atoms with Gasteiger partial charge in [-0.1, -0.05) is 0 Å². The molecule has 3 N–H and O–H groups in total. The number of fused-ring (bicyclic) bond motifs is 1. The molecule has 4 rings (SSSR count). The first-order valence-electron chi connectivity index (χ1n) is 12.1. The van der Waals surface area contributed by atoms with Gasteiger partial charge in [0, 0.05) is 31.0 Å². The lowest BCUT2D eigenvalue weighted by atomic mass is 10.00. The third-order valence-electron chi connectivity index (χ3n) is 6.01. The molecule has 2 amide bonds. The van der Waals surface area contributed by atoms with Crippen molar-refractivity contribution < 1.29 is 19.4 Å². The minimum absolute atomic E-state index is 0.112. The van der Waals surface area contributed by atoms with E-state index in [1.807, 2.05) is 37.3 Å². The normalized spacial score (nSPS) is 15.7. The van der Waals surface area contributed by atoms with Crippen molar-refractivity contribution in [2.75, 3.05) is 25.1 Å². The Bertz CT molecular complexity index is 1120. The van der Waals surface area contributed by atoms with Crippen molar-refractivity contribution in [2.24, 2.45) is 5.92 Å². The number of hydrogen-bond acceptors (Lipinski definition) is 7. The van der Waals surface area contributed by atoms with Gasteiger partial charge in [-0.2, -0.15) is 9.50 Å². The second-order valence-electron chi connectivity index (χ2n) is 9.72. The van der Waals surface area contributed by atoms with Gasteiger partial charge in [0.1, 0.15) is 5.75 Å². The maximum Gasteiger partial charge on any atom is 0.321 e. The lowest BCUT2D eigenvalue weighted by molar-refractivity contribution is 0.0497. The number of nitrogens with zero attached hydrogens (tertiary/aromatic N) is 4. The van der Waals surface area contributed by atoms with Crippen molar-refractivity contribution in [3.8, 4) is 17.0 Å². The van der Waals surface area contributed by atoms with Crippen LogP contribution in [0.3, 0.4) is 0 Å². The van der Waals surface area contributed by atoms with Gasteiger partial charge in [-0.15, -0.1) is 5.10 Å². The Morgan fingerprint density at radius 1 is 1.26 bits per heavy atom. The average Bonchev–Trinajstić information content (AvgIpc) is 3.24. The highest BCUT2D eigenvalue weighted by molar-refractivity contribution is 5.87. The molecule has 1 atom stereocenters. The average molecular weight is 483 g/mol. The zero-order chi connectivity index (χ0) is 24.8. The predicted molar refractivity (Wildman–Crippen MR) is 132 cm³/mol. The number of urea groups is 1. The van der Waals surface area contributed by atoms with Crippen LogP contribution in [0.15, 0.2) is 36.5 Å². The van der Waals surface area contributed by atoms with Crippen molar-refractivity contribution >= 4 is 17.8 Å². The van der Waals surface area contributed by atoms with Crippen molar-refractivity contribution in [3.05, 3.63) is 36.5 Å². The second kappa shape index (κ2) is 11.0. The fourth-order valence-corrected chi connectivity index (χ4v) is 3.92. The lowest BCUT2D eigenvalue weighted by Crippen LogP contribution is -2.37. The molecule has 35 heavy (non-hydrogen) atoms. The first-order chi connectivity index (χ1) is 16.8. The van der Waals surface area contributed by atoms with Crippen molar-refractivity contribution in [3.63, 3.8) is 0 Å². The van der Waals surface area contributed by atoms with Crippen molar-refractivity contribution in [1.29, 1.82) is 0 Å². The summed E-state index contributed by atoms with van der Waals surface area (Å²) in [5.41, 5.74) is 0.953. The first-order valence-corrected chi connectivity index (χ1v) is 12.1. The summed E-state index contributed by atoms with van der Waals surface area (Å²) in [6.45, 7) is 7.69. The number of aromatic nitrogens is 4. The Balaban J connectivity index is 1.39. The van der Waals surface area contributed by atoms with Crippen LogP contribution in [0.2, 0.25) is 0 Å². The molecular formula is C25H34N6O4. The summed E-state index contributed by atoms with van der Waals surface area (Å²) in [5, 5.41) is 19.8. The minimum atomic E-state index is -0.771. The fourth-order valence-electron chi connectivity index (χ4n) is 3.92. The van der Waals surface area contributed by atoms with Crippen LogP contribution in [0, 0.1) is 5.92 Å². The van der Waals surface area contributed by atoms with Gasteiger partial charge in [0.2, 0.25) is 0 Å². The fraction of sp³-hybridized carbons (Fsp3) is 0.520. The molecule has 1 aliphatic rings. The smallest absolute Gasteiger partial charge is 0.321 e. The maximum absolute atomic E-state index is 12.4. The minimum Gasteiger partial charge on any atom is -0.493 e. The molecular weight excluding hydrogens is 448 g/mol. The Morgan fingerprint density at radius 2 is 2.00 bits per heavy atom. The Labute approximate surface area is 205 Å². The van der Waals surface area contributed by atoms with E-state index in [0.717, 1.165) is 43.1 Å². The first kappa shape index (κ1) is 24.9. The number of carbonyl (C=O) groups excluding carboxylic acids is 1. The summed E-state index contributed by atoms with van der Waals surface area (Å²) in [6.07, 6.45) is 4.96. The third-order valence-corrected chi connectivity index (χ3v) is 6.01. The van der Waals surface area contributed by atoms with E-state index < -0.39 is 11.6 Å². The molecule has 2 aromatic heterocycles. The van der Waals surface area contributed by atoms with E-state index in [4.69, 9.17) is 9.47 Å². The summed E-state index contributed by atoms with van der Waals surface area (Å²) >= 11 is 0. The molecule has 10 nitrogen and oxygen atoms in total. The van der Waals surface area contributed by atoms with Crippen LogP contribution in [0.4, 0.5) is 10.7 Å². The maximum atomic E-state index is 12.4. The molecule has 1 fully saturated rings. The van der Waals surface area contributed by atoms with Crippen LogP contribution in [0.5, 0.6) is 5.75 Å². The van der Waals surface area contributed by atoms with Gasteiger partial charge in [0.15, 0.2) is 0 Å². The van der Waals surface area contributed by atoms with E-state index in [1.54, 1.807) is 24.6 Å². The highest BCUT2D eigenvalue weighted by Gasteiger charge is 2.18. The molecule has 0 aliphatic carbocycles. The lowest BCUT2D eigenvalue weighted by Gasteiger charge is -2.22. The standard InChI is InChI=1S/C25H34N6O4/c1-17(8-12-25(2,3)33)27-24(32)29-22-28-23-26-13-9-21(31(23)30-22)19-4-6-20(7-5-19)35-16-18-10-14-34-15-11-18/h4-7,9,13,17-18,33H,8,10-12,14-16H2,1-3H3,(H2,27,29,30,32)/t17-/m0/s1. The molecule has 0 radical (unpaired) electrons. The number of amides is 2. The summed E-state index contributed by atoms with van der Waals surface area (Å²) in [6, 6.07) is 9.16. The van der Waals surface area contributed by atoms with Crippen LogP contribution < -0.4 is 15.4 Å². The highest BCUT2D eigenvalue weighted by atomic mass is 16.5. The van der Waals surface area contributed by atoms with Crippen LogP contribution in [-0.2, 0) is 4.74 Å². The zero-order valence-electron chi connectivity index (χ0n) is 20.5. The number of anilines is 1. The zero-order valence-corrected chi connectivity index (χ0v) is 20.5. The quantitative estimate of drug-likeness (QED) is 0.425. The van der Waals surface area contributed by atoms with E-state index >= 15 is 0 Å². The number of hydrogen-bond donors (Lipinski definition) is 3. The second-order valence-corrected chi connectivity index (χ2v) is 9.72. The molecule has 1 saturated heterocycles. The largest absolute Gasteiger partial charge is 0.493 e. The molecule has 0 saturated carbocycles. The van der Waals surface area contributed by atoms with Gasteiger partial charge in [-0.25, -0.2) is 9.78 Å². The number of aliphatic hydroxyl groups is 1. The van der Waals surface area contributed by atoms with Gasteiger partial charge >= 0.3 is 6.03 Å². The Kier molecular flexibility index (Phi) is 7.82. The molecule has 3 heterocycles. The summed E-state index contributed by atoms with van der Waals surface area (Å²) in [4.78, 5) is 21.0. The number of benzene rings is 1. The Hall–Kier alpha value is -3.24. The summed E-state index contributed by atoms with van der Waals surface area (Å²) in [7, 11) is 0. The van der Waals surface area contributed by atoms with Crippen LogP contribution in [0.25, 0.3) is 17.0 Å². The highest BCUT2D eigenvalue weighted by Crippen LogP contribution is 2.24. The van der Waals surface area contributed by atoms with Crippen LogP contribution in [0.1, 0.15) is 46.5 Å². The molecule has 1 aliphatic heterocycles.